The van der Waals surface area contributed by atoms with Gasteiger partial charge in [-0.15, -0.1) is 0 Å². The van der Waals surface area contributed by atoms with Crippen molar-refractivity contribution in [3.05, 3.63) is 0 Å². The van der Waals surface area contributed by atoms with E-state index < -0.39 is 30.1 Å². The van der Waals surface area contributed by atoms with Gasteiger partial charge >= 0.3 is 6.18 Å². The lowest BCUT2D eigenvalue weighted by atomic mass is 9.88. The van der Waals surface area contributed by atoms with Crippen molar-refractivity contribution in [1.29, 1.82) is 0 Å². The Morgan fingerprint density at radius 3 is 1.43 bits per heavy atom. The van der Waals surface area contributed by atoms with E-state index >= 15 is 0 Å². The number of hydrogen-bond acceptors (Lipinski definition) is 0. The smallest absolute Gasteiger partial charge is 0.231 e. The van der Waals surface area contributed by atoms with Gasteiger partial charge in [0.05, 0.1) is 0 Å². The van der Waals surface area contributed by atoms with Crippen molar-refractivity contribution in [3.63, 3.8) is 0 Å². The van der Waals surface area contributed by atoms with Crippen molar-refractivity contribution in [1.82, 2.24) is 0 Å². The molecule has 0 saturated heterocycles. The molecule has 2 atom stereocenters. The lowest BCUT2D eigenvalue weighted by Gasteiger charge is -2.30. The average molecular weight is 222 g/mol. The highest BCUT2D eigenvalue weighted by Crippen LogP contribution is 2.41. The van der Waals surface area contributed by atoms with Gasteiger partial charge < -0.3 is 0 Å². The molecule has 14 heavy (non-hydrogen) atoms. The molecule has 0 aromatic rings. The van der Waals surface area contributed by atoms with Gasteiger partial charge in [0.25, 0.3) is 12.1 Å². The van der Waals surface area contributed by atoms with Crippen LogP contribution in [0.25, 0.3) is 0 Å². The van der Waals surface area contributed by atoms with E-state index in [-0.39, 0.29) is 0 Å². The largest absolute Gasteiger partial charge is 0.425 e. The Hall–Kier alpha value is -0.420. The molecule has 0 radical (unpaired) electrons. The van der Waals surface area contributed by atoms with Crippen molar-refractivity contribution in [3.8, 4) is 0 Å². The fourth-order valence-electron chi connectivity index (χ4n) is 0.893. The second-order valence-electron chi connectivity index (χ2n) is 3.61. The minimum absolute atomic E-state index is 0.717. The second kappa shape index (κ2) is 3.98. The van der Waals surface area contributed by atoms with Gasteiger partial charge in [-0.2, -0.15) is 13.2 Å². The molecule has 0 fully saturated rings. The Morgan fingerprint density at radius 2 is 1.21 bits per heavy atom. The molecule has 0 rings (SSSR count). The highest BCUT2D eigenvalue weighted by Gasteiger charge is 2.59. The summed E-state index contributed by atoms with van der Waals surface area (Å²) in [5, 5.41) is 0. The van der Waals surface area contributed by atoms with Crippen LogP contribution in [-0.4, -0.2) is 18.3 Å². The summed E-state index contributed by atoms with van der Waals surface area (Å²) >= 11 is 0. The molecule has 0 aromatic heterocycles. The molecule has 0 aliphatic heterocycles. The van der Waals surface area contributed by atoms with Crippen molar-refractivity contribution >= 4 is 0 Å². The number of hydrogen-bond donors (Lipinski definition) is 0. The molecule has 0 bridgehead atoms. The minimum Gasteiger partial charge on any atom is -0.231 e. The Labute approximate surface area is 78.3 Å². The minimum atomic E-state index is -5.51. The summed E-state index contributed by atoms with van der Waals surface area (Å²) in [6, 6.07) is 0. The number of alkyl halides is 6. The van der Waals surface area contributed by atoms with Crippen LogP contribution in [0.5, 0.6) is 0 Å². The third kappa shape index (κ3) is 2.78. The standard InChI is InChI=1S/C8H12F6/c1-4(2)5(3)7(10,11)6(9)8(12,13)14/h4-6H,1-3H3. The van der Waals surface area contributed by atoms with Gasteiger partial charge in [0.2, 0.25) is 0 Å². The Morgan fingerprint density at radius 1 is 0.857 bits per heavy atom. The molecule has 0 aliphatic carbocycles. The zero-order valence-electron chi connectivity index (χ0n) is 8.00. The summed E-state index contributed by atoms with van der Waals surface area (Å²) < 4.78 is 73.3. The molecule has 0 aromatic carbocycles. The van der Waals surface area contributed by atoms with Crippen LogP contribution in [0.3, 0.4) is 0 Å². The summed E-state index contributed by atoms with van der Waals surface area (Å²) in [5.74, 6) is -6.74. The quantitative estimate of drug-likeness (QED) is 0.637. The molecule has 86 valence electrons. The fourth-order valence-corrected chi connectivity index (χ4v) is 0.893. The third-order valence-corrected chi connectivity index (χ3v) is 2.23. The maximum Gasteiger partial charge on any atom is 0.425 e. The lowest BCUT2D eigenvalue weighted by Crippen LogP contribution is -2.47. The van der Waals surface area contributed by atoms with E-state index in [9.17, 15) is 26.3 Å². The zero-order valence-corrected chi connectivity index (χ0v) is 8.00. The predicted molar refractivity (Wildman–Crippen MR) is 39.9 cm³/mol. The molecular formula is C8H12F6. The van der Waals surface area contributed by atoms with Crippen LogP contribution in [0.1, 0.15) is 20.8 Å². The van der Waals surface area contributed by atoms with E-state index in [0.717, 1.165) is 6.92 Å². The van der Waals surface area contributed by atoms with Crippen molar-refractivity contribution in [2.75, 3.05) is 0 Å². The third-order valence-electron chi connectivity index (χ3n) is 2.23. The predicted octanol–water partition coefficient (Wildman–Crippen LogP) is 3.81. The first-order chi connectivity index (χ1) is 6.01. The summed E-state index contributed by atoms with van der Waals surface area (Å²) in [5.41, 5.74) is 0. The summed E-state index contributed by atoms with van der Waals surface area (Å²) in [6.07, 6.45) is -9.60. The highest BCUT2D eigenvalue weighted by molar-refractivity contribution is 4.88. The van der Waals surface area contributed by atoms with Crippen LogP contribution in [0.15, 0.2) is 0 Å². The summed E-state index contributed by atoms with van der Waals surface area (Å²) in [7, 11) is 0. The average Bonchev–Trinajstić information content (AvgIpc) is 1.99. The molecule has 0 saturated carbocycles. The van der Waals surface area contributed by atoms with Crippen LogP contribution in [-0.2, 0) is 0 Å². The molecule has 0 heterocycles. The molecule has 0 nitrogen and oxygen atoms in total. The Bertz CT molecular complexity index is 183. The first-order valence-corrected chi connectivity index (χ1v) is 4.09. The molecule has 0 spiro atoms. The summed E-state index contributed by atoms with van der Waals surface area (Å²) in [4.78, 5) is 0. The highest BCUT2D eigenvalue weighted by atomic mass is 19.4. The van der Waals surface area contributed by atoms with Gasteiger partial charge in [0.1, 0.15) is 0 Å². The molecule has 6 heteroatoms. The van der Waals surface area contributed by atoms with Crippen molar-refractivity contribution in [2.24, 2.45) is 11.8 Å². The van der Waals surface area contributed by atoms with Gasteiger partial charge in [0.15, 0.2) is 0 Å². The second-order valence-corrected chi connectivity index (χ2v) is 3.61. The first kappa shape index (κ1) is 13.6. The van der Waals surface area contributed by atoms with E-state index in [1.54, 1.807) is 0 Å². The zero-order chi connectivity index (χ0) is 11.7. The number of rotatable bonds is 3. The van der Waals surface area contributed by atoms with Gasteiger partial charge in [-0.25, -0.2) is 13.2 Å². The normalized spacial score (nSPS) is 18.4. The van der Waals surface area contributed by atoms with Gasteiger partial charge in [-0.3, -0.25) is 0 Å². The SMILES string of the molecule is CC(C)C(C)C(F)(F)C(F)C(F)(F)F. The molecule has 0 aliphatic rings. The van der Waals surface area contributed by atoms with Crippen LogP contribution in [0.4, 0.5) is 26.3 Å². The van der Waals surface area contributed by atoms with Crippen LogP contribution < -0.4 is 0 Å². The fraction of sp³-hybridized carbons (Fsp3) is 1.00. The van der Waals surface area contributed by atoms with E-state index in [0.29, 0.717) is 0 Å². The van der Waals surface area contributed by atoms with Gasteiger partial charge in [-0.05, 0) is 5.92 Å². The van der Waals surface area contributed by atoms with E-state index in [1.165, 1.54) is 13.8 Å². The maximum absolute atomic E-state index is 12.9. The Kier molecular flexibility index (Phi) is 3.86. The molecular weight excluding hydrogens is 210 g/mol. The van der Waals surface area contributed by atoms with E-state index in [4.69, 9.17) is 0 Å². The molecule has 0 N–H and O–H groups in total. The van der Waals surface area contributed by atoms with Crippen LogP contribution in [0, 0.1) is 11.8 Å². The van der Waals surface area contributed by atoms with Crippen LogP contribution in [0.2, 0.25) is 0 Å². The molecule has 2 unspecified atom stereocenters. The van der Waals surface area contributed by atoms with Crippen LogP contribution >= 0.6 is 0 Å². The van der Waals surface area contributed by atoms with Gasteiger partial charge in [0, 0.05) is 5.92 Å². The topological polar surface area (TPSA) is 0 Å². The maximum atomic E-state index is 12.9. The summed E-state index contributed by atoms with van der Waals surface area (Å²) in [6.45, 7) is 3.55. The van der Waals surface area contributed by atoms with E-state index in [1.807, 2.05) is 0 Å². The van der Waals surface area contributed by atoms with Crippen molar-refractivity contribution in [2.45, 2.75) is 39.0 Å². The molecule has 0 amide bonds. The van der Waals surface area contributed by atoms with E-state index in [2.05, 4.69) is 0 Å². The monoisotopic (exact) mass is 222 g/mol. The first-order valence-electron chi connectivity index (χ1n) is 4.09. The number of halogens is 6. The lowest BCUT2D eigenvalue weighted by molar-refractivity contribution is -0.260. The van der Waals surface area contributed by atoms with Crippen molar-refractivity contribution < 1.29 is 26.3 Å². The van der Waals surface area contributed by atoms with Gasteiger partial charge in [-0.1, -0.05) is 20.8 Å². The Balaban J connectivity index is 4.77.